The number of fused-ring (bicyclic) bond motifs is 1. The van der Waals surface area contributed by atoms with Crippen molar-refractivity contribution in [2.75, 3.05) is 25.0 Å². The van der Waals surface area contributed by atoms with Crippen LogP contribution in [0.4, 0.5) is 5.69 Å². The molecule has 2 aromatic rings. The number of rotatable bonds is 6. The van der Waals surface area contributed by atoms with Gasteiger partial charge >= 0.3 is 0 Å². The summed E-state index contributed by atoms with van der Waals surface area (Å²) in [5.74, 6) is -0.159. The van der Waals surface area contributed by atoms with Crippen LogP contribution in [0.2, 0.25) is 10.0 Å². The first kappa shape index (κ1) is 21.4. The minimum absolute atomic E-state index is 0.159. The van der Waals surface area contributed by atoms with E-state index in [4.69, 9.17) is 28.2 Å². The lowest BCUT2D eigenvalue weighted by molar-refractivity contribution is -0.114. The Morgan fingerprint density at radius 3 is 2.38 bits per heavy atom. The molecule has 0 spiro atoms. The molecule has 0 N–H and O–H groups in total. The van der Waals surface area contributed by atoms with E-state index in [1.165, 1.54) is 0 Å². The molecule has 2 aromatic carbocycles. The van der Waals surface area contributed by atoms with Crippen molar-refractivity contribution in [3.05, 3.63) is 75.5 Å². The number of carbonyl (C=O) groups excluding carboxylic acids is 1. The molecule has 1 heterocycles. The summed E-state index contributed by atoms with van der Waals surface area (Å²) in [4.78, 5) is 21.9. The number of anilines is 1. The lowest BCUT2D eigenvalue weighted by Crippen LogP contribution is -2.29. The molecule has 0 fully saturated rings. The molecular weight excluding hydrogens is 405 g/mol. The van der Waals surface area contributed by atoms with Crippen molar-refractivity contribution in [3.8, 4) is 0 Å². The van der Waals surface area contributed by atoms with Gasteiger partial charge in [0.2, 0.25) is 0 Å². The number of aliphatic imine (C=N–C) groups is 1. The third-order valence-electron chi connectivity index (χ3n) is 4.79. The van der Waals surface area contributed by atoms with Gasteiger partial charge in [0.25, 0.3) is 5.91 Å². The number of benzodiazepines with no additional fused rings is 1. The maximum Gasteiger partial charge on any atom is 0.278 e. The Morgan fingerprint density at radius 1 is 1.03 bits per heavy atom. The van der Waals surface area contributed by atoms with Crippen molar-refractivity contribution in [2.24, 2.45) is 4.99 Å². The number of likely N-dealkylation sites (N-methyl/N-ethyl adjacent to an activating group) is 1. The third-order valence-corrected chi connectivity index (χ3v) is 5.35. The Balaban J connectivity index is 2.24. The van der Waals surface area contributed by atoms with E-state index in [-0.39, 0.29) is 5.91 Å². The summed E-state index contributed by atoms with van der Waals surface area (Å²) in [6.07, 6.45) is 3.85. The SMILES string of the molecule is CCCN(C=C1N=C(c2ccccc2Cl)c2cc(Cl)ccc2N(C)C1=O)CCC. The Morgan fingerprint density at radius 2 is 1.72 bits per heavy atom. The number of hydrogen-bond acceptors (Lipinski definition) is 3. The molecule has 1 aliphatic heterocycles. The van der Waals surface area contributed by atoms with E-state index in [9.17, 15) is 4.79 Å². The van der Waals surface area contributed by atoms with E-state index in [0.29, 0.717) is 21.5 Å². The van der Waals surface area contributed by atoms with Crippen LogP contribution in [-0.2, 0) is 4.79 Å². The summed E-state index contributed by atoms with van der Waals surface area (Å²) in [6.45, 7) is 5.98. The summed E-state index contributed by atoms with van der Waals surface area (Å²) in [5.41, 5.74) is 3.33. The maximum atomic E-state index is 13.3. The molecule has 1 amide bonds. The van der Waals surface area contributed by atoms with Crippen molar-refractivity contribution >= 4 is 40.5 Å². The maximum absolute atomic E-state index is 13.3. The van der Waals surface area contributed by atoms with Gasteiger partial charge in [0.15, 0.2) is 0 Å². The smallest absolute Gasteiger partial charge is 0.278 e. The van der Waals surface area contributed by atoms with Crippen LogP contribution in [0.3, 0.4) is 0 Å². The predicted molar refractivity (Wildman–Crippen MR) is 122 cm³/mol. The summed E-state index contributed by atoms with van der Waals surface area (Å²) in [7, 11) is 1.76. The molecule has 0 radical (unpaired) electrons. The van der Waals surface area contributed by atoms with Crippen LogP contribution >= 0.6 is 23.2 Å². The third kappa shape index (κ3) is 4.65. The highest BCUT2D eigenvalue weighted by atomic mass is 35.5. The molecule has 4 nitrogen and oxygen atoms in total. The van der Waals surface area contributed by atoms with Crippen LogP contribution in [0.5, 0.6) is 0 Å². The van der Waals surface area contributed by atoms with Crippen molar-refractivity contribution in [3.63, 3.8) is 0 Å². The average molecular weight is 430 g/mol. The van der Waals surface area contributed by atoms with E-state index in [1.54, 1.807) is 18.0 Å². The van der Waals surface area contributed by atoms with Crippen molar-refractivity contribution in [2.45, 2.75) is 26.7 Å². The van der Waals surface area contributed by atoms with Crippen LogP contribution in [0.1, 0.15) is 37.8 Å². The number of nitrogens with zero attached hydrogens (tertiary/aromatic N) is 3. The lowest BCUT2D eigenvalue weighted by Gasteiger charge is -2.21. The van der Waals surface area contributed by atoms with Crippen LogP contribution in [-0.4, -0.2) is 36.7 Å². The quantitative estimate of drug-likeness (QED) is 0.546. The molecular formula is C23H25Cl2N3O. The number of halogens is 2. The minimum atomic E-state index is -0.159. The zero-order chi connectivity index (χ0) is 21.0. The highest BCUT2D eigenvalue weighted by Crippen LogP contribution is 2.33. The second kappa shape index (κ2) is 9.47. The predicted octanol–water partition coefficient (Wildman–Crippen LogP) is 5.77. The summed E-state index contributed by atoms with van der Waals surface area (Å²) >= 11 is 12.8. The first-order valence-corrected chi connectivity index (χ1v) is 10.6. The van der Waals surface area contributed by atoms with Crippen molar-refractivity contribution in [1.82, 2.24) is 4.90 Å². The van der Waals surface area contributed by atoms with Gasteiger partial charge in [-0.3, -0.25) is 4.79 Å². The molecule has 0 bridgehead atoms. The van der Waals surface area contributed by atoms with Gasteiger partial charge in [0.1, 0.15) is 5.70 Å². The van der Waals surface area contributed by atoms with E-state index in [2.05, 4.69) is 18.7 Å². The van der Waals surface area contributed by atoms with Gasteiger partial charge in [-0.1, -0.05) is 55.2 Å². The Kier molecular flexibility index (Phi) is 6.99. The van der Waals surface area contributed by atoms with E-state index in [1.807, 2.05) is 42.6 Å². The molecule has 1 aliphatic rings. The highest BCUT2D eigenvalue weighted by molar-refractivity contribution is 6.37. The Hall–Kier alpha value is -2.30. The number of benzene rings is 2. The lowest BCUT2D eigenvalue weighted by atomic mass is 10.00. The fraction of sp³-hybridized carbons (Fsp3) is 0.304. The van der Waals surface area contributed by atoms with Gasteiger partial charge in [-0.2, -0.15) is 0 Å². The molecule has 0 saturated heterocycles. The zero-order valence-corrected chi connectivity index (χ0v) is 18.5. The average Bonchev–Trinajstić information content (AvgIpc) is 2.79. The zero-order valence-electron chi connectivity index (χ0n) is 17.0. The van der Waals surface area contributed by atoms with E-state index >= 15 is 0 Å². The first-order valence-electron chi connectivity index (χ1n) is 9.83. The standard InChI is InChI=1S/C23H25Cl2N3O/c1-4-12-28(13-5-2)15-20-23(29)27(3)21-11-10-16(24)14-18(21)22(26-20)17-8-6-7-9-19(17)25/h6-11,14-15H,4-5,12-13H2,1-3H3. The second-order valence-electron chi connectivity index (χ2n) is 7.02. The second-order valence-corrected chi connectivity index (χ2v) is 7.86. The molecule has 152 valence electrons. The molecule has 29 heavy (non-hydrogen) atoms. The number of hydrogen-bond donors (Lipinski definition) is 0. The van der Waals surface area contributed by atoms with Crippen LogP contribution < -0.4 is 4.90 Å². The molecule has 0 aromatic heterocycles. The van der Waals surface area contributed by atoms with Crippen molar-refractivity contribution in [1.29, 1.82) is 0 Å². The molecule has 0 atom stereocenters. The van der Waals surface area contributed by atoms with Crippen molar-refractivity contribution < 1.29 is 4.79 Å². The number of amides is 1. The van der Waals surface area contributed by atoms with Crippen LogP contribution in [0, 0.1) is 0 Å². The molecule has 0 saturated carbocycles. The highest BCUT2D eigenvalue weighted by Gasteiger charge is 2.27. The van der Waals surface area contributed by atoms with Gasteiger partial charge in [0.05, 0.1) is 11.4 Å². The minimum Gasteiger partial charge on any atom is -0.375 e. The van der Waals surface area contributed by atoms with Gasteiger partial charge < -0.3 is 9.80 Å². The van der Waals surface area contributed by atoms with Gasteiger partial charge in [-0.25, -0.2) is 4.99 Å². The fourth-order valence-corrected chi connectivity index (χ4v) is 3.83. The topological polar surface area (TPSA) is 35.9 Å². The summed E-state index contributed by atoms with van der Waals surface area (Å²) < 4.78 is 0. The van der Waals surface area contributed by atoms with Crippen LogP contribution in [0.15, 0.2) is 59.4 Å². The van der Waals surface area contributed by atoms with Gasteiger partial charge in [-0.05, 0) is 37.1 Å². The molecule has 3 rings (SSSR count). The van der Waals surface area contributed by atoms with E-state index < -0.39 is 0 Å². The molecule has 0 unspecified atom stereocenters. The number of carbonyl (C=O) groups is 1. The fourth-order valence-electron chi connectivity index (χ4n) is 3.43. The monoisotopic (exact) mass is 429 g/mol. The summed E-state index contributed by atoms with van der Waals surface area (Å²) in [5, 5.41) is 1.16. The first-order chi connectivity index (χ1) is 14.0. The Bertz CT molecular complexity index is 962. The molecule has 6 heteroatoms. The normalized spacial score (nSPS) is 15.2. The van der Waals surface area contributed by atoms with Gasteiger partial charge in [0, 0.05) is 47.5 Å². The Labute approximate surface area is 182 Å². The van der Waals surface area contributed by atoms with Crippen LogP contribution in [0.25, 0.3) is 0 Å². The summed E-state index contributed by atoms with van der Waals surface area (Å²) in [6, 6.07) is 13.0. The van der Waals surface area contributed by atoms with Gasteiger partial charge in [-0.15, -0.1) is 0 Å². The molecule has 0 aliphatic carbocycles. The largest absolute Gasteiger partial charge is 0.375 e. The van der Waals surface area contributed by atoms with E-state index in [0.717, 1.165) is 42.7 Å².